The SMILES string of the molecule is CC(C)c1ccc(Cl)c(S(=O)(=O)N2CCC(C)(CN)C2)c1.Cl. The fourth-order valence-corrected chi connectivity index (χ4v) is 4.67. The first kappa shape index (κ1) is 19.7. The van der Waals surface area contributed by atoms with Crippen molar-refractivity contribution in [2.45, 2.75) is 38.0 Å². The molecule has 4 nitrogen and oxygen atoms in total. The van der Waals surface area contributed by atoms with E-state index in [1.54, 1.807) is 12.1 Å². The lowest BCUT2D eigenvalue weighted by Crippen LogP contribution is -2.34. The minimum Gasteiger partial charge on any atom is -0.330 e. The maximum atomic E-state index is 12.8. The Morgan fingerprint density at radius 2 is 2.05 bits per heavy atom. The van der Waals surface area contributed by atoms with Gasteiger partial charge >= 0.3 is 0 Å². The summed E-state index contributed by atoms with van der Waals surface area (Å²) in [6, 6.07) is 5.24. The zero-order valence-corrected chi connectivity index (χ0v) is 15.6. The molecule has 0 aromatic heterocycles. The lowest BCUT2D eigenvalue weighted by molar-refractivity contribution is 0.349. The summed E-state index contributed by atoms with van der Waals surface area (Å²) in [4.78, 5) is 0.205. The molecule has 0 bridgehead atoms. The van der Waals surface area contributed by atoms with Crippen LogP contribution in [-0.2, 0) is 10.0 Å². The van der Waals surface area contributed by atoms with Gasteiger partial charge in [-0.3, -0.25) is 0 Å². The second kappa shape index (κ2) is 7.05. The Labute approximate surface area is 144 Å². The standard InChI is InChI=1S/C15H23ClN2O2S.ClH/c1-11(2)12-4-5-13(16)14(8-12)21(19,20)18-7-6-15(3,9-17)10-18;/h4-5,8,11H,6-7,9-10,17H2,1-3H3;1H. The minimum atomic E-state index is -3.56. The first-order chi connectivity index (χ1) is 9.69. The second-order valence-corrected chi connectivity index (χ2v) is 8.76. The van der Waals surface area contributed by atoms with Gasteiger partial charge in [-0.05, 0) is 42.0 Å². The van der Waals surface area contributed by atoms with Crippen LogP contribution in [0.1, 0.15) is 38.7 Å². The smallest absolute Gasteiger partial charge is 0.244 e. The molecule has 0 amide bonds. The lowest BCUT2D eigenvalue weighted by Gasteiger charge is -2.23. The number of hydrogen-bond donors (Lipinski definition) is 1. The summed E-state index contributed by atoms with van der Waals surface area (Å²) < 4.78 is 27.2. The molecule has 0 aliphatic carbocycles. The van der Waals surface area contributed by atoms with Crippen LogP contribution in [0.4, 0.5) is 0 Å². The topological polar surface area (TPSA) is 63.4 Å². The Hall–Kier alpha value is -0.330. The molecule has 1 heterocycles. The molecular formula is C15H24Cl2N2O2S. The Morgan fingerprint density at radius 3 is 2.55 bits per heavy atom. The van der Waals surface area contributed by atoms with Crippen LogP contribution in [0.3, 0.4) is 0 Å². The summed E-state index contributed by atoms with van der Waals surface area (Å²) in [7, 11) is -3.56. The van der Waals surface area contributed by atoms with Crippen molar-refractivity contribution in [3.63, 3.8) is 0 Å². The molecule has 1 aromatic rings. The fourth-order valence-electron chi connectivity index (χ4n) is 2.57. The first-order valence-corrected chi connectivity index (χ1v) is 9.01. The van der Waals surface area contributed by atoms with Crippen LogP contribution < -0.4 is 5.73 Å². The van der Waals surface area contributed by atoms with Crippen molar-refractivity contribution in [1.82, 2.24) is 4.31 Å². The number of benzene rings is 1. The molecule has 1 saturated heterocycles. The van der Waals surface area contributed by atoms with E-state index in [0.717, 1.165) is 12.0 Å². The Morgan fingerprint density at radius 1 is 1.41 bits per heavy atom. The summed E-state index contributed by atoms with van der Waals surface area (Å²) >= 11 is 6.14. The third kappa shape index (κ3) is 3.77. The molecule has 1 aliphatic heterocycles. The number of sulfonamides is 1. The van der Waals surface area contributed by atoms with Crippen molar-refractivity contribution in [3.05, 3.63) is 28.8 Å². The Kier molecular flexibility index (Phi) is 6.32. The normalized spacial score (nSPS) is 22.8. The highest BCUT2D eigenvalue weighted by molar-refractivity contribution is 7.89. The van der Waals surface area contributed by atoms with Crippen LogP contribution >= 0.6 is 24.0 Å². The van der Waals surface area contributed by atoms with E-state index in [9.17, 15) is 8.42 Å². The highest BCUT2D eigenvalue weighted by Gasteiger charge is 2.39. The Bertz CT molecular complexity index is 634. The summed E-state index contributed by atoms with van der Waals surface area (Å²) in [6.45, 7) is 7.52. The van der Waals surface area contributed by atoms with Crippen LogP contribution in [-0.4, -0.2) is 32.4 Å². The summed E-state index contributed by atoms with van der Waals surface area (Å²) in [5, 5.41) is 0.278. The molecule has 0 radical (unpaired) electrons. The van der Waals surface area contributed by atoms with E-state index in [1.165, 1.54) is 4.31 Å². The molecule has 2 N–H and O–H groups in total. The molecule has 1 aromatic carbocycles. The van der Waals surface area contributed by atoms with Gasteiger partial charge in [-0.1, -0.05) is 38.4 Å². The quantitative estimate of drug-likeness (QED) is 0.889. The number of halogens is 2. The van der Waals surface area contributed by atoms with Gasteiger partial charge in [-0.25, -0.2) is 8.42 Å². The van der Waals surface area contributed by atoms with Crippen molar-refractivity contribution >= 4 is 34.0 Å². The van der Waals surface area contributed by atoms with E-state index >= 15 is 0 Å². The van der Waals surface area contributed by atoms with Gasteiger partial charge in [0.1, 0.15) is 4.90 Å². The van der Waals surface area contributed by atoms with Crippen molar-refractivity contribution in [1.29, 1.82) is 0 Å². The predicted octanol–water partition coefficient (Wildman–Crippen LogP) is 3.24. The molecule has 22 heavy (non-hydrogen) atoms. The van der Waals surface area contributed by atoms with Crippen LogP contribution in [0, 0.1) is 5.41 Å². The molecular weight excluding hydrogens is 343 g/mol. The zero-order chi connectivity index (χ0) is 15.8. The molecule has 0 saturated carbocycles. The number of nitrogens with two attached hydrogens (primary N) is 1. The summed E-state index contributed by atoms with van der Waals surface area (Å²) in [5.41, 5.74) is 6.59. The average Bonchev–Trinajstić information content (AvgIpc) is 2.83. The van der Waals surface area contributed by atoms with Gasteiger partial charge < -0.3 is 5.73 Å². The van der Waals surface area contributed by atoms with Gasteiger partial charge in [0, 0.05) is 13.1 Å². The van der Waals surface area contributed by atoms with Crippen molar-refractivity contribution in [2.24, 2.45) is 11.1 Å². The maximum absolute atomic E-state index is 12.8. The molecule has 0 spiro atoms. The van der Waals surface area contributed by atoms with E-state index in [2.05, 4.69) is 0 Å². The monoisotopic (exact) mass is 366 g/mol. The van der Waals surface area contributed by atoms with Crippen molar-refractivity contribution < 1.29 is 8.42 Å². The zero-order valence-electron chi connectivity index (χ0n) is 13.2. The third-order valence-electron chi connectivity index (χ3n) is 4.26. The average molecular weight is 367 g/mol. The maximum Gasteiger partial charge on any atom is 0.244 e. The highest BCUT2D eigenvalue weighted by atomic mass is 35.5. The van der Waals surface area contributed by atoms with E-state index in [1.807, 2.05) is 26.8 Å². The number of hydrogen-bond acceptors (Lipinski definition) is 3. The minimum absolute atomic E-state index is 0. The summed E-state index contributed by atoms with van der Waals surface area (Å²) in [5.74, 6) is 0.254. The van der Waals surface area contributed by atoms with Crippen LogP contribution in [0.5, 0.6) is 0 Å². The molecule has 1 fully saturated rings. The number of rotatable bonds is 4. The summed E-state index contributed by atoms with van der Waals surface area (Å²) in [6.07, 6.45) is 0.782. The molecule has 1 unspecified atom stereocenters. The van der Waals surface area contributed by atoms with E-state index < -0.39 is 10.0 Å². The van der Waals surface area contributed by atoms with E-state index in [4.69, 9.17) is 17.3 Å². The van der Waals surface area contributed by atoms with Gasteiger partial charge in [0.25, 0.3) is 0 Å². The van der Waals surface area contributed by atoms with Crippen LogP contribution in [0.2, 0.25) is 5.02 Å². The number of nitrogens with zero attached hydrogens (tertiary/aromatic N) is 1. The van der Waals surface area contributed by atoms with Crippen molar-refractivity contribution in [3.8, 4) is 0 Å². The van der Waals surface area contributed by atoms with Gasteiger partial charge in [0.05, 0.1) is 5.02 Å². The van der Waals surface area contributed by atoms with Crippen LogP contribution in [0.15, 0.2) is 23.1 Å². The molecule has 7 heteroatoms. The molecule has 1 aliphatic rings. The second-order valence-electron chi connectivity index (χ2n) is 6.45. The fraction of sp³-hybridized carbons (Fsp3) is 0.600. The van der Waals surface area contributed by atoms with Gasteiger partial charge in [-0.15, -0.1) is 12.4 Å². The van der Waals surface area contributed by atoms with Gasteiger partial charge in [0.15, 0.2) is 0 Å². The molecule has 1 atom stereocenters. The first-order valence-electron chi connectivity index (χ1n) is 7.19. The molecule has 126 valence electrons. The van der Waals surface area contributed by atoms with Gasteiger partial charge in [0.2, 0.25) is 10.0 Å². The molecule has 2 rings (SSSR count). The third-order valence-corrected chi connectivity index (χ3v) is 6.58. The van der Waals surface area contributed by atoms with Crippen LogP contribution in [0.25, 0.3) is 0 Å². The highest BCUT2D eigenvalue weighted by Crippen LogP contribution is 2.35. The van der Waals surface area contributed by atoms with Gasteiger partial charge in [-0.2, -0.15) is 4.31 Å². The Balaban J connectivity index is 0.00000242. The van der Waals surface area contributed by atoms with E-state index in [0.29, 0.717) is 19.6 Å². The lowest BCUT2D eigenvalue weighted by atomic mass is 9.90. The van der Waals surface area contributed by atoms with Crippen molar-refractivity contribution in [2.75, 3.05) is 19.6 Å². The predicted molar refractivity (Wildman–Crippen MR) is 93.3 cm³/mol. The largest absolute Gasteiger partial charge is 0.330 e. The van der Waals surface area contributed by atoms with E-state index in [-0.39, 0.29) is 33.7 Å².